The molecule has 0 spiro atoms. The van der Waals surface area contributed by atoms with Gasteiger partial charge in [-0.3, -0.25) is 4.79 Å². The molecule has 130 valence electrons. The first-order valence-electron chi connectivity index (χ1n) is 8.38. The number of phenols is 1. The summed E-state index contributed by atoms with van der Waals surface area (Å²) >= 11 is 0. The predicted octanol–water partition coefficient (Wildman–Crippen LogP) is 4.33. The van der Waals surface area contributed by atoms with Crippen molar-refractivity contribution in [2.45, 2.75) is 12.8 Å². The van der Waals surface area contributed by atoms with Crippen molar-refractivity contribution in [2.75, 3.05) is 0 Å². The van der Waals surface area contributed by atoms with Gasteiger partial charge in [0.05, 0.1) is 0 Å². The van der Waals surface area contributed by atoms with Gasteiger partial charge in [0.1, 0.15) is 5.75 Å². The minimum absolute atomic E-state index is 0.0440. The maximum atomic E-state index is 12.3. The van der Waals surface area contributed by atoms with E-state index in [9.17, 15) is 9.90 Å². The summed E-state index contributed by atoms with van der Waals surface area (Å²) in [5.74, 6) is -0.240. The van der Waals surface area contributed by atoms with Crippen LogP contribution in [0, 0.1) is 0 Å². The molecule has 1 amide bonds. The summed E-state index contributed by atoms with van der Waals surface area (Å²) in [5.41, 5.74) is 6.05. The molecule has 0 heterocycles. The highest BCUT2D eigenvalue weighted by Crippen LogP contribution is 2.26. The molecule has 0 saturated heterocycles. The zero-order valence-corrected chi connectivity index (χ0v) is 14.5. The number of benzene rings is 3. The Morgan fingerprint density at radius 3 is 1.85 bits per heavy atom. The minimum atomic E-state index is -0.316. The molecule has 0 aliphatic heterocycles. The van der Waals surface area contributed by atoms with E-state index in [1.165, 1.54) is 12.1 Å². The quantitative estimate of drug-likeness (QED) is 0.534. The van der Waals surface area contributed by atoms with Crippen LogP contribution < -0.4 is 5.43 Å². The fourth-order valence-electron chi connectivity index (χ4n) is 2.85. The maximum Gasteiger partial charge on any atom is 0.271 e. The molecular weight excluding hydrogens is 324 g/mol. The molecule has 0 fully saturated rings. The lowest BCUT2D eigenvalue weighted by atomic mass is 9.88. The van der Waals surface area contributed by atoms with Gasteiger partial charge in [0.15, 0.2) is 0 Å². The number of aromatic hydroxyl groups is 1. The normalized spacial score (nSPS) is 11.4. The van der Waals surface area contributed by atoms with Gasteiger partial charge < -0.3 is 5.11 Å². The van der Waals surface area contributed by atoms with Crippen LogP contribution in [0.25, 0.3) is 0 Å². The second kappa shape index (κ2) is 8.12. The van der Waals surface area contributed by atoms with Crippen LogP contribution in [0.2, 0.25) is 0 Å². The van der Waals surface area contributed by atoms with Crippen LogP contribution in [0.4, 0.5) is 0 Å². The van der Waals surface area contributed by atoms with Gasteiger partial charge in [0.2, 0.25) is 0 Å². The summed E-state index contributed by atoms with van der Waals surface area (Å²) in [4.78, 5) is 12.3. The van der Waals surface area contributed by atoms with Crippen molar-refractivity contribution in [2.24, 2.45) is 5.10 Å². The molecule has 0 atom stereocenters. The Balaban J connectivity index is 1.85. The largest absolute Gasteiger partial charge is 0.508 e. The summed E-state index contributed by atoms with van der Waals surface area (Å²) in [6, 6.07) is 26.2. The molecule has 0 radical (unpaired) electrons. The average molecular weight is 344 g/mol. The van der Waals surface area contributed by atoms with Crippen molar-refractivity contribution in [3.8, 4) is 5.75 Å². The molecule has 0 bridgehead atoms. The van der Waals surface area contributed by atoms with E-state index in [4.69, 9.17) is 0 Å². The number of hydrazone groups is 1. The minimum Gasteiger partial charge on any atom is -0.508 e. The van der Waals surface area contributed by atoms with E-state index in [2.05, 4.69) is 34.8 Å². The topological polar surface area (TPSA) is 61.7 Å². The van der Waals surface area contributed by atoms with Crippen molar-refractivity contribution in [3.63, 3.8) is 0 Å². The molecular formula is C22H20N2O2. The molecule has 4 heteroatoms. The Labute approximate surface area is 152 Å². The van der Waals surface area contributed by atoms with E-state index in [0.29, 0.717) is 5.56 Å². The lowest BCUT2D eigenvalue weighted by Gasteiger charge is -2.18. The van der Waals surface area contributed by atoms with E-state index >= 15 is 0 Å². The van der Waals surface area contributed by atoms with Crippen molar-refractivity contribution in [3.05, 3.63) is 102 Å². The van der Waals surface area contributed by atoms with Gasteiger partial charge in [0.25, 0.3) is 5.91 Å². The number of nitrogens with zero attached hydrogens (tertiary/aromatic N) is 1. The first kappa shape index (κ1) is 17.4. The number of nitrogens with one attached hydrogen (secondary N) is 1. The molecule has 4 nitrogen and oxygen atoms in total. The molecule has 2 N–H and O–H groups in total. The summed E-state index contributed by atoms with van der Waals surface area (Å²) < 4.78 is 0. The van der Waals surface area contributed by atoms with E-state index in [0.717, 1.165) is 16.8 Å². The second-order valence-corrected chi connectivity index (χ2v) is 6.00. The van der Waals surface area contributed by atoms with Crippen LogP contribution in [0.5, 0.6) is 5.75 Å². The number of carbonyl (C=O) groups excluding carboxylic acids is 1. The van der Waals surface area contributed by atoms with Gasteiger partial charge in [-0.15, -0.1) is 0 Å². The zero-order valence-electron chi connectivity index (χ0n) is 14.5. The summed E-state index contributed by atoms with van der Waals surface area (Å²) in [5, 5.41) is 13.7. The summed E-state index contributed by atoms with van der Waals surface area (Å²) in [6.07, 6.45) is 0. The molecule has 3 aromatic rings. The van der Waals surface area contributed by atoms with Gasteiger partial charge in [-0.2, -0.15) is 5.10 Å². The third-order valence-corrected chi connectivity index (χ3v) is 4.15. The third kappa shape index (κ3) is 4.16. The Bertz CT molecular complexity index is 849. The highest BCUT2D eigenvalue weighted by molar-refractivity contribution is 5.97. The van der Waals surface area contributed by atoms with Crippen molar-refractivity contribution >= 4 is 11.6 Å². The van der Waals surface area contributed by atoms with E-state index in [-0.39, 0.29) is 17.6 Å². The van der Waals surface area contributed by atoms with Crippen LogP contribution in [-0.2, 0) is 0 Å². The zero-order chi connectivity index (χ0) is 18.4. The predicted molar refractivity (Wildman–Crippen MR) is 103 cm³/mol. The van der Waals surface area contributed by atoms with Crippen LogP contribution in [0.1, 0.15) is 34.3 Å². The second-order valence-electron chi connectivity index (χ2n) is 6.00. The van der Waals surface area contributed by atoms with Crippen molar-refractivity contribution in [1.82, 2.24) is 5.43 Å². The molecule has 0 unspecified atom stereocenters. The molecule has 3 aromatic carbocycles. The highest BCUT2D eigenvalue weighted by Gasteiger charge is 2.17. The number of hydrogen-bond donors (Lipinski definition) is 2. The van der Waals surface area contributed by atoms with E-state index in [1.54, 1.807) is 12.1 Å². The standard InChI is InChI=1S/C22H20N2O2/c1-16(23-24-22(26)19-12-14-20(25)15-13-19)21(17-8-4-2-5-9-17)18-10-6-3-7-11-18/h2-15,21,25H,1H3,(H,24,26)/b23-16-. The Morgan fingerprint density at radius 1 is 0.846 bits per heavy atom. The molecule has 0 aliphatic carbocycles. The number of rotatable bonds is 5. The van der Waals surface area contributed by atoms with Crippen LogP contribution in [0.15, 0.2) is 90.0 Å². The lowest BCUT2D eigenvalue weighted by molar-refractivity contribution is 0.0954. The van der Waals surface area contributed by atoms with Gasteiger partial charge in [-0.1, -0.05) is 60.7 Å². The molecule has 0 saturated carbocycles. The van der Waals surface area contributed by atoms with Crippen molar-refractivity contribution < 1.29 is 9.90 Å². The maximum absolute atomic E-state index is 12.3. The van der Waals surface area contributed by atoms with Gasteiger partial charge >= 0.3 is 0 Å². The smallest absolute Gasteiger partial charge is 0.271 e. The monoisotopic (exact) mass is 344 g/mol. The van der Waals surface area contributed by atoms with E-state index < -0.39 is 0 Å². The fraction of sp³-hybridized carbons (Fsp3) is 0.0909. The highest BCUT2D eigenvalue weighted by atomic mass is 16.3. The molecule has 26 heavy (non-hydrogen) atoms. The molecule has 0 aromatic heterocycles. The van der Waals surface area contributed by atoms with Crippen LogP contribution >= 0.6 is 0 Å². The number of amides is 1. The molecule has 3 rings (SSSR count). The SMILES string of the molecule is C/C(=N/NC(=O)c1ccc(O)cc1)C(c1ccccc1)c1ccccc1. The first-order valence-corrected chi connectivity index (χ1v) is 8.38. The third-order valence-electron chi connectivity index (χ3n) is 4.15. The van der Waals surface area contributed by atoms with Crippen LogP contribution in [-0.4, -0.2) is 16.7 Å². The van der Waals surface area contributed by atoms with Gasteiger partial charge in [0, 0.05) is 17.2 Å². The average Bonchev–Trinajstić information content (AvgIpc) is 2.68. The summed E-state index contributed by atoms with van der Waals surface area (Å²) in [7, 11) is 0. The lowest BCUT2D eigenvalue weighted by Crippen LogP contribution is -2.21. The van der Waals surface area contributed by atoms with Gasteiger partial charge in [-0.05, 0) is 42.3 Å². The Morgan fingerprint density at radius 2 is 1.35 bits per heavy atom. The first-order chi connectivity index (χ1) is 12.6. The van der Waals surface area contributed by atoms with Gasteiger partial charge in [-0.25, -0.2) is 5.43 Å². The number of carbonyl (C=O) groups is 1. The fourth-order valence-corrected chi connectivity index (χ4v) is 2.85. The van der Waals surface area contributed by atoms with Crippen molar-refractivity contribution in [1.29, 1.82) is 0 Å². The Hall–Kier alpha value is -3.40. The number of phenolic OH excluding ortho intramolecular Hbond substituents is 1. The molecule has 0 aliphatic rings. The summed E-state index contributed by atoms with van der Waals surface area (Å²) in [6.45, 7) is 1.90. The van der Waals surface area contributed by atoms with E-state index in [1.807, 2.05) is 43.3 Å². The number of hydrogen-bond acceptors (Lipinski definition) is 3. The Kier molecular flexibility index (Phi) is 5.44. The van der Waals surface area contributed by atoms with Crippen LogP contribution in [0.3, 0.4) is 0 Å².